The van der Waals surface area contributed by atoms with Crippen LogP contribution in [0.3, 0.4) is 0 Å². The predicted octanol–water partition coefficient (Wildman–Crippen LogP) is 4.48. The molecule has 0 unspecified atom stereocenters. The van der Waals surface area contributed by atoms with E-state index in [1.54, 1.807) is 24.3 Å². The number of hydrogen-bond acceptors (Lipinski definition) is 2. The van der Waals surface area contributed by atoms with E-state index in [9.17, 15) is 4.79 Å². The second-order valence-corrected chi connectivity index (χ2v) is 5.07. The summed E-state index contributed by atoms with van der Waals surface area (Å²) in [6.07, 6.45) is 0. The van der Waals surface area contributed by atoms with Crippen LogP contribution in [-0.4, -0.2) is 5.91 Å². The Hall–Kier alpha value is -1.42. The number of nitrogen functional groups attached to an aromatic ring is 1. The molecule has 0 saturated carbocycles. The van der Waals surface area contributed by atoms with E-state index in [2.05, 4.69) is 5.32 Å². The van der Waals surface area contributed by atoms with Crippen molar-refractivity contribution in [2.45, 2.75) is 0 Å². The average molecular weight is 316 g/mol. The van der Waals surface area contributed by atoms with E-state index in [0.717, 1.165) is 0 Å². The van der Waals surface area contributed by atoms with Crippen LogP contribution in [0.4, 0.5) is 11.4 Å². The maximum absolute atomic E-state index is 12.0. The van der Waals surface area contributed by atoms with Crippen LogP contribution in [0.1, 0.15) is 10.4 Å². The van der Waals surface area contributed by atoms with Gasteiger partial charge in [0.1, 0.15) is 0 Å². The quantitative estimate of drug-likeness (QED) is 0.803. The zero-order valence-electron chi connectivity index (χ0n) is 9.58. The van der Waals surface area contributed by atoms with E-state index in [1.807, 2.05) is 0 Å². The Bertz CT molecular complexity index is 621. The Morgan fingerprint density at radius 3 is 2.26 bits per heavy atom. The van der Waals surface area contributed by atoms with Gasteiger partial charge < -0.3 is 11.1 Å². The Labute approximate surface area is 125 Å². The van der Waals surface area contributed by atoms with E-state index in [4.69, 9.17) is 40.5 Å². The summed E-state index contributed by atoms with van der Waals surface area (Å²) in [6.45, 7) is 0. The molecular formula is C13H9Cl3N2O. The Morgan fingerprint density at radius 2 is 1.68 bits per heavy atom. The van der Waals surface area contributed by atoms with Crippen LogP contribution in [0.2, 0.25) is 15.1 Å². The fraction of sp³-hybridized carbons (Fsp3) is 0. The number of hydrogen-bond donors (Lipinski definition) is 2. The summed E-state index contributed by atoms with van der Waals surface area (Å²) >= 11 is 17.6. The molecule has 0 spiro atoms. The third kappa shape index (κ3) is 3.32. The molecule has 6 heteroatoms. The van der Waals surface area contributed by atoms with Crippen molar-refractivity contribution in [3.05, 3.63) is 57.0 Å². The molecule has 19 heavy (non-hydrogen) atoms. The fourth-order valence-corrected chi connectivity index (χ4v) is 2.16. The first-order valence-electron chi connectivity index (χ1n) is 5.29. The summed E-state index contributed by atoms with van der Waals surface area (Å²) in [5.41, 5.74) is 6.77. The lowest BCUT2D eigenvalue weighted by molar-refractivity contribution is 0.102. The molecule has 0 atom stereocenters. The predicted molar refractivity (Wildman–Crippen MR) is 80.3 cm³/mol. The Morgan fingerprint density at radius 1 is 1.05 bits per heavy atom. The molecule has 2 aromatic carbocycles. The number of rotatable bonds is 2. The van der Waals surface area contributed by atoms with Crippen molar-refractivity contribution < 1.29 is 4.79 Å². The summed E-state index contributed by atoms with van der Waals surface area (Å²) in [5, 5.41) is 3.70. The van der Waals surface area contributed by atoms with Crippen LogP contribution in [0.15, 0.2) is 36.4 Å². The molecule has 0 radical (unpaired) electrons. The van der Waals surface area contributed by atoms with Crippen molar-refractivity contribution in [2.75, 3.05) is 11.1 Å². The number of nitrogens with one attached hydrogen (secondary N) is 1. The van der Waals surface area contributed by atoms with Crippen molar-refractivity contribution in [3.63, 3.8) is 0 Å². The van der Waals surface area contributed by atoms with E-state index >= 15 is 0 Å². The molecule has 0 aliphatic rings. The van der Waals surface area contributed by atoms with Crippen molar-refractivity contribution >= 4 is 52.1 Å². The van der Waals surface area contributed by atoms with Crippen LogP contribution in [0.25, 0.3) is 0 Å². The number of carbonyl (C=O) groups excluding carboxylic acids is 1. The smallest absolute Gasteiger partial charge is 0.255 e. The van der Waals surface area contributed by atoms with Crippen LogP contribution in [-0.2, 0) is 0 Å². The number of amides is 1. The molecule has 0 saturated heterocycles. The lowest BCUT2D eigenvalue weighted by atomic mass is 10.2. The van der Waals surface area contributed by atoms with Crippen LogP contribution >= 0.6 is 34.8 Å². The zero-order chi connectivity index (χ0) is 14.0. The molecule has 0 fully saturated rings. The van der Waals surface area contributed by atoms with Crippen LogP contribution in [0, 0.1) is 0 Å². The van der Waals surface area contributed by atoms with E-state index in [1.165, 1.54) is 12.1 Å². The first-order chi connectivity index (χ1) is 8.97. The topological polar surface area (TPSA) is 55.1 Å². The van der Waals surface area contributed by atoms with Crippen molar-refractivity contribution in [3.8, 4) is 0 Å². The highest BCUT2D eigenvalue weighted by Gasteiger charge is 2.11. The molecule has 3 nitrogen and oxygen atoms in total. The molecule has 0 heterocycles. The van der Waals surface area contributed by atoms with Gasteiger partial charge in [-0.1, -0.05) is 40.9 Å². The summed E-state index contributed by atoms with van der Waals surface area (Å²) < 4.78 is 0. The Kier molecular flexibility index (Phi) is 4.20. The van der Waals surface area contributed by atoms with E-state index in [-0.39, 0.29) is 21.6 Å². The second kappa shape index (κ2) is 5.70. The van der Waals surface area contributed by atoms with Gasteiger partial charge in [0.2, 0.25) is 0 Å². The molecular weight excluding hydrogens is 307 g/mol. The van der Waals surface area contributed by atoms with Crippen LogP contribution in [0.5, 0.6) is 0 Å². The lowest BCUT2D eigenvalue weighted by Crippen LogP contribution is -2.12. The largest absolute Gasteiger partial charge is 0.396 e. The number of halogens is 3. The normalized spacial score (nSPS) is 10.3. The maximum atomic E-state index is 12.0. The number of nitrogens with two attached hydrogens (primary N) is 1. The number of carbonyl (C=O) groups is 1. The number of benzene rings is 2. The zero-order valence-corrected chi connectivity index (χ0v) is 11.9. The third-order valence-corrected chi connectivity index (χ3v) is 3.28. The van der Waals surface area contributed by atoms with Crippen molar-refractivity contribution in [1.82, 2.24) is 0 Å². The van der Waals surface area contributed by atoms with Gasteiger partial charge in [-0.05, 0) is 30.3 Å². The minimum absolute atomic E-state index is 0.240. The van der Waals surface area contributed by atoms with Gasteiger partial charge >= 0.3 is 0 Å². The first kappa shape index (κ1) is 14.0. The highest BCUT2D eigenvalue weighted by molar-refractivity contribution is 6.39. The average Bonchev–Trinajstić information content (AvgIpc) is 2.35. The second-order valence-electron chi connectivity index (χ2n) is 3.82. The SMILES string of the molecule is Nc1c(Cl)cc(C(=O)Nc2cccc(Cl)c2)cc1Cl. The van der Waals surface area contributed by atoms with Gasteiger partial charge in [0.25, 0.3) is 5.91 Å². The summed E-state index contributed by atoms with van der Waals surface area (Å²) in [4.78, 5) is 12.0. The first-order valence-corrected chi connectivity index (χ1v) is 6.42. The van der Waals surface area contributed by atoms with Gasteiger partial charge in [-0.3, -0.25) is 4.79 Å². The highest BCUT2D eigenvalue weighted by atomic mass is 35.5. The minimum atomic E-state index is -0.342. The van der Waals surface area contributed by atoms with Gasteiger partial charge in [-0.15, -0.1) is 0 Å². The minimum Gasteiger partial charge on any atom is -0.396 e. The third-order valence-electron chi connectivity index (χ3n) is 2.42. The molecule has 0 aliphatic carbocycles. The van der Waals surface area contributed by atoms with Gasteiger partial charge in [-0.25, -0.2) is 0 Å². The van der Waals surface area contributed by atoms with Crippen LogP contribution < -0.4 is 11.1 Å². The fourth-order valence-electron chi connectivity index (χ4n) is 1.48. The molecule has 0 aromatic heterocycles. The molecule has 0 bridgehead atoms. The standard InChI is InChI=1S/C13H9Cl3N2O/c14-8-2-1-3-9(6-8)18-13(19)7-4-10(15)12(17)11(16)5-7/h1-6H,17H2,(H,18,19). The monoisotopic (exact) mass is 314 g/mol. The molecule has 98 valence electrons. The molecule has 0 aliphatic heterocycles. The summed E-state index contributed by atoms with van der Waals surface area (Å²) in [7, 11) is 0. The van der Waals surface area contributed by atoms with Gasteiger partial charge in [0, 0.05) is 16.3 Å². The molecule has 2 rings (SSSR count). The Balaban J connectivity index is 2.25. The maximum Gasteiger partial charge on any atom is 0.255 e. The summed E-state index contributed by atoms with van der Waals surface area (Å²) in [5.74, 6) is -0.342. The van der Waals surface area contributed by atoms with E-state index < -0.39 is 0 Å². The molecule has 2 aromatic rings. The highest BCUT2D eigenvalue weighted by Crippen LogP contribution is 2.29. The molecule has 1 amide bonds. The van der Waals surface area contributed by atoms with Gasteiger partial charge in [0.15, 0.2) is 0 Å². The van der Waals surface area contributed by atoms with Gasteiger partial charge in [-0.2, -0.15) is 0 Å². The van der Waals surface area contributed by atoms with E-state index in [0.29, 0.717) is 16.3 Å². The number of anilines is 2. The van der Waals surface area contributed by atoms with Crippen molar-refractivity contribution in [2.24, 2.45) is 0 Å². The summed E-state index contributed by atoms with van der Waals surface area (Å²) in [6, 6.07) is 9.74. The lowest BCUT2D eigenvalue weighted by Gasteiger charge is -2.08. The van der Waals surface area contributed by atoms with Gasteiger partial charge in [0.05, 0.1) is 15.7 Å². The molecule has 3 N–H and O–H groups in total. The van der Waals surface area contributed by atoms with Crippen molar-refractivity contribution in [1.29, 1.82) is 0 Å².